The zero-order valence-electron chi connectivity index (χ0n) is 6.83. The van der Waals surface area contributed by atoms with E-state index in [2.05, 4.69) is 12.3 Å². The molecule has 12 heavy (non-hydrogen) atoms. The van der Waals surface area contributed by atoms with Gasteiger partial charge in [0.15, 0.2) is 0 Å². The Bertz CT molecular complexity index is 270. The molecule has 1 heteroatoms. The number of allylic oxidation sites excluding steroid dienone is 1. The zero-order chi connectivity index (χ0) is 8.81. The van der Waals surface area contributed by atoms with Crippen molar-refractivity contribution < 1.29 is 0 Å². The van der Waals surface area contributed by atoms with Crippen molar-refractivity contribution in [3.8, 4) is 0 Å². The number of hydrogen-bond acceptors (Lipinski definition) is 0. The summed E-state index contributed by atoms with van der Waals surface area (Å²) >= 11 is 6.09. The molecule has 0 aliphatic heterocycles. The number of alkyl halides is 1. The van der Waals surface area contributed by atoms with E-state index in [1.165, 1.54) is 0 Å². The van der Waals surface area contributed by atoms with Gasteiger partial charge in [0.2, 0.25) is 0 Å². The summed E-state index contributed by atoms with van der Waals surface area (Å²) in [4.78, 5) is 0. The van der Waals surface area contributed by atoms with Crippen LogP contribution in [0.15, 0.2) is 48.7 Å². The Morgan fingerprint density at radius 3 is 2.67 bits per heavy atom. The normalized spacial score (nSPS) is 11.8. The highest BCUT2D eigenvalue weighted by Crippen LogP contribution is 2.23. The van der Waals surface area contributed by atoms with Crippen LogP contribution in [0.5, 0.6) is 0 Å². The summed E-state index contributed by atoms with van der Waals surface area (Å²) in [6, 6.07) is 10.0. The van der Waals surface area contributed by atoms with E-state index in [9.17, 15) is 0 Å². The first kappa shape index (κ1) is 9.12. The zero-order valence-corrected chi connectivity index (χ0v) is 7.59. The molecule has 0 nitrogen and oxygen atoms in total. The molecule has 0 aliphatic rings. The molecule has 0 heterocycles. The molecule has 0 saturated heterocycles. The van der Waals surface area contributed by atoms with Crippen LogP contribution in [0.3, 0.4) is 0 Å². The molecule has 1 aromatic rings. The van der Waals surface area contributed by atoms with Crippen molar-refractivity contribution in [1.29, 1.82) is 0 Å². The lowest BCUT2D eigenvalue weighted by Gasteiger charge is -2.04. The lowest BCUT2D eigenvalue weighted by molar-refractivity contribution is 0.958. The maximum absolute atomic E-state index is 6.09. The third-order valence-corrected chi connectivity index (χ3v) is 2.06. The van der Waals surface area contributed by atoms with Crippen molar-refractivity contribution in [3.05, 3.63) is 54.3 Å². The number of rotatable bonds is 3. The third kappa shape index (κ3) is 2.58. The summed E-state index contributed by atoms with van der Waals surface area (Å²) in [5, 5.41) is 0.0421. The maximum atomic E-state index is 6.09. The lowest BCUT2D eigenvalue weighted by atomic mass is 10.1. The standard InChI is InChI=1S/C11H11Cl/c1-2-3-9-11(12)10-7-5-4-6-8-10/h3-8,11H,1,9H2. The topological polar surface area (TPSA) is 0 Å². The SMILES string of the molecule is C=C=CCC(Cl)c1ccccc1. The Morgan fingerprint density at radius 1 is 1.42 bits per heavy atom. The van der Waals surface area contributed by atoms with Crippen LogP contribution in [-0.2, 0) is 0 Å². The van der Waals surface area contributed by atoms with Crippen molar-refractivity contribution in [2.24, 2.45) is 0 Å². The van der Waals surface area contributed by atoms with Crippen LogP contribution in [0, 0.1) is 0 Å². The van der Waals surface area contributed by atoms with E-state index in [0.29, 0.717) is 0 Å². The number of benzene rings is 1. The number of hydrogen-bond donors (Lipinski definition) is 0. The van der Waals surface area contributed by atoms with E-state index in [-0.39, 0.29) is 5.38 Å². The second kappa shape index (κ2) is 4.82. The van der Waals surface area contributed by atoms with Crippen LogP contribution in [0.4, 0.5) is 0 Å². The molecule has 1 atom stereocenters. The average molecular weight is 179 g/mol. The fourth-order valence-electron chi connectivity index (χ4n) is 0.985. The van der Waals surface area contributed by atoms with E-state index in [0.717, 1.165) is 12.0 Å². The van der Waals surface area contributed by atoms with E-state index < -0.39 is 0 Å². The van der Waals surface area contributed by atoms with Gasteiger partial charge in [0.1, 0.15) is 0 Å². The fourth-order valence-corrected chi connectivity index (χ4v) is 1.22. The molecular formula is C11H11Cl. The number of halogens is 1. The second-order valence-electron chi connectivity index (χ2n) is 2.52. The minimum Gasteiger partial charge on any atom is -0.133 e. The highest BCUT2D eigenvalue weighted by Gasteiger charge is 2.03. The predicted octanol–water partition coefficient (Wildman–Crippen LogP) is 3.70. The van der Waals surface area contributed by atoms with Gasteiger partial charge in [-0.15, -0.1) is 17.3 Å². The Balaban J connectivity index is 2.65. The summed E-state index contributed by atoms with van der Waals surface area (Å²) in [5.74, 6) is 0. The Kier molecular flexibility index (Phi) is 3.66. The monoisotopic (exact) mass is 178 g/mol. The van der Waals surface area contributed by atoms with E-state index in [1.54, 1.807) is 0 Å². The summed E-state index contributed by atoms with van der Waals surface area (Å²) in [6.07, 6.45) is 2.64. The first-order valence-electron chi connectivity index (χ1n) is 3.88. The maximum Gasteiger partial charge on any atom is 0.0625 e. The van der Waals surface area contributed by atoms with Crippen molar-refractivity contribution in [1.82, 2.24) is 0 Å². The smallest absolute Gasteiger partial charge is 0.0625 e. The van der Waals surface area contributed by atoms with Crippen molar-refractivity contribution in [2.75, 3.05) is 0 Å². The largest absolute Gasteiger partial charge is 0.133 e. The molecule has 0 aliphatic carbocycles. The molecular weight excluding hydrogens is 168 g/mol. The Hall–Kier alpha value is -0.970. The molecule has 0 saturated carbocycles. The molecule has 0 amide bonds. The first-order valence-corrected chi connectivity index (χ1v) is 4.31. The molecule has 1 unspecified atom stereocenters. The van der Waals surface area contributed by atoms with Crippen LogP contribution in [0.2, 0.25) is 0 Å². The molecule has 0 aromatic heterocycles. The highest BCUT2D eigenvalue weighted by atomic mass is 35.5. The molecule has 0 radical (unpaired) electrons. The summed E-state index contributed by atoms with van der Waals surface area (Å²) < 4.78 is 0. The van der Waals surface area contributed by atoms with Gasteiger partial charge in [-0.3, -0.25) is 0 Å². The van der Waals surface area contributed by atoms with Gasteiger partial charge in [-0.2, -0.15) is 0 Å². The van der Waals surface area contributed by atoms with Gasteiger partial charge in [-0.25, -0.2) is 0 Å². The summed E-state index contributed by atoms with van der Waals surface area (Å²) in [6.45, 7) is 3.49. The summed E-state index contributed by atoms with van der Waals surface area (Å²) in [5.41, 5.74) is 3.85. The molecule has 1 rings (SSSR count). The molecule has 0 spiro atoms. The van der Waals surface area contributed by atoms with Gasteiger partial charge in [0.05, 0.1) is 5.38 Å². The van der Waals surface area contributed by atoms with E-state index in [4.69, 9.17) is 11.6 Å². The average Bonchev–Trinajstić information content (AvgIpc) is 2.15. The van der Waals surface area contributed by atoms with Crippen LogP contribution in [-0.4, -0.2) is 0 Å². The van der Waals surface area contributed by atoms with Gasteiger partial charge >= 0.3 is 0 Å². The van der Waals surface area contributed by atoms with Crippen LogP contribution in [0.25, 0.3) is 0 Å². The van der Waals surface area contributed by atoms with Crippen molar-refractivity contribution >= 4 is 11.6 Å². The minimum atomic E-state index is 0.0421. The molecule has 0 fully saturated rings. The van der Waals surface area contributed by atoms with Crippen molar-refractivity contribution in [2.45, 2.75) is 11.8 Å². The first-order chi connectivity index (χ1) is 5.84. The van der Waals surface area contributed by atoms with Gasteiger partial charge < -0.3 is 0 Å². The van der Waals surface area contributed by atoms with Gasteiger partial charge in [0, 0.05) is 0 Å². The van der Waals surface area contributed by atoms with Gasteiger partial charge in [-0.05, 0) is 18.1 Å². The van der Waals surface area contributed by atoms with Gasteiger partial charge in [-0.1, -0.05) is 36.9 Å². The summed E-state index contributed by atoms with van der Waals surface area (Å²) in [7, 11) is 0. The Labute approximate surface area is 78.2 Å². The minimum absolute atomic E-state index is 0.0421. The highest BCUT2D eigenvalue weighted by molar-refractivity contribution is 6.20. The molecule has 0 N–H and O–H groups in total. The lowest BCUT2D eigenvalue weighted by Crippen LogP contribution is -1.86. The quantitative estimate of drug-likeness (QED) is 0.489. The second-order valence-corrected chi connectivity index (χ2v) is 3.05. The fraction of sp³-hybridized carbons (Fsp3) is 0.182. The molecule has 62 valence electrons. The van der Waals surface area contributed by atoms with E-state index >= 15 is 0 Å². The Morgan fingerprint density at radius 2 is 2.08 bits per heavy atom. The van der Waals surface area contributed by atoms with Gasteiger partial charge in [0.25, 0.3) is 0 Å². The third-order valence-electron chi connectivity index (χ3n) is 1.63. The predicted molar refractivity (Wildman–Crippen MR) is 53.4 cm³/mol. The molecule has 1 aromatic carbocycles. The van der Waals surface area contributed by atoms with Crippen LogP contribution in [0.1, 0.15) is 17.4 Å². The van der Waals surface area contributed by atoms with E-state index in [1.807, 2.05) is 36.4 Å². The van der Waals surface area contributed by atoms with Crippen LogP contribution >= 0.6 is 11.6 Å². The molecule has 0 bridgehead atoms. The van der Waals surface area contributed by atoms with Crippen molar-refractivity contribution in [3.63, 3.8) is 0 Å². The van der Waals surface area contributed by atoms with Crippen LogP contribution < -0.4 is 0 Å².